The highest BCUT2D eigenvalue weighted by molar-refractivity contribution is 5.60. The van der Waals surface area contributed by atoms with Crippen LogP contribution in [0.15, 0.2) is 30.3 Å². The van der Waals surface area contributed by atoms with Gasteiger partial charge in [0, 0.05) is 5.56 Å². The number of rotatable bonds is 2. The number of halogens is 6. The number of allylic oxidation sites excluding steroid dienone is 1. The Kier molecular flexibility index (Phi) is 3.93. The van der Waals surface area contributed by atoms with Gasteiger partial charge in [-0.05, 0) is 12.1 Å². The molecule has 0 radical (unpaired) electrons. The Morgan fingerprint density at radius 3 is 1.83 bits per heavy atom. The number of methoxy groups -OCH3 is 1. The van der Waals surface area contributed by atoms with Gasteiger partial charge in [-0.15, -0.1) is 0 Å². The lowest BCUT2D eigenvalue weighted by Crippen LogP contribution is -2.06. The number of alkyl halides is 6. The summed E-state index contributed by atoms with van der Waals surface area (Å²) in [6, 6.07) is 3.23. The van der Waals surface area contributed by atoms with Crippen molar-refractivity contribution in [2.45, 2.75) is 12.4 Å². The van der Waals surface area contributed by atoms with E-state index >= 15 is 0 Å². The van der Waals surface area contributed by atoms with Crippen molar-refractivity contribution in [1.82, 2.24) is 0 Å². The molecule has 0 spiro atoms. The molecular formula is C11H8F6O. The maximum absolute atomic E-state index is 12.2. The largest absolute Gasteiger partial charge is 0.496 e. The van der Waals surface area contributed by atoms with Gasteiger partial charge in [-0.3, -0.25) is 0 Å². The Labute approximate surface area is 98.7 Å². The van der Waals surface area contributed by atoms with E-state index in [4.69, 9.17) is 0 Å². The summed E-state index contributed by atoms with van der Waals surface area (Å²) in [6.07, 6.45) is -9.25. The smallest absolute Gasteiger partial charge is 0.416 e. The van der Waals surface area contributed by atoms with Crippen molar-refractivity contribution in [3.8, 4) is 0 Å². The summed E-state index contributed by atoms with van der Waals surface area (Å²) in [5.74, 6) is -0.545. The molecule has 0 aliphatic heterocycles. The third-order valence-corrected chi connectivity index (χ3v) is 2.01. The Balaban J connectivity index is 3.07. The second-order valence-electron chi connectivity index (χ2n) is 3.33. The van der Waals surface area contributed by atoms with E-state index in [1.165, 1.54) is 0 Å². The van der Waals surface area contributed by atoms with Gasteiger partial charge in [-0.2, -0.15) is 26.3 Å². The molecule has 1 rings (SSSR count). The zero-order chi connectivity index (χ0) is 14.0. The molecule has 0 bridgehead atoms. The van der Waals surface area contributed by atoms with Crippen molar-refractivity contribution in [2.24, 2.45) is 0 Å². The van der Waals surface area contributed by atoms with Crippen LogP contribution in [-0.2, 0) is 10.9 Å². The number of hydrogen-bond acceptors (Lipinski definition) is 1. The molecule has 0 fully saturated rings. The molecule has 1 nitrogen and oxygen atoms in total. The molecule has 0 aliphatic carbocycles. The van der Waals surface area contributed by atoms with Crippen molar-refractivity contribution in [3.63, 3.8) is 0 Å². The molecule has 1 aromatic rings. The lowest BCUT2D eigenvalue weighted by molar-refractivity contribution is -0.137. The number of ether oxygens (including phenoxy) is 1. The third kappa shape index (κ3) is 3.97. The standard InChI is InChI=1S/C11H8F6O/c1-18-9(6-10(12,13)14)7-2-4-8(5-3-7)11(15,16)17/h2-6H,1H3/b9-6-. The highest BCUT2D eigenvalue weighted by Gasteiger charge is 2.30. The van der Waals surface area contributed by atoms with Crippen molar-refractivity contribution in [3.05, 3.63) is 41.5 Å². The Morgan fingerprint density at radius 1 is 1.00 bits per heavy atom. The number of hydrogen-bond donors (Lipinski definition) is 0. The number of benzene rings is 1. The zero-order valence-electron chi connectivity index (χ0n) is 9.06. The van der Waals surface area contributed by atoms with Crippen LogP contribution < -0.4 is 0 Å². The van der Waals surface area contributed by atoms with Crippen molar-refractivity contribution < 1.29 is 31.1 Å². The Bertz CT molecular complexity index is 426. The van der Waals surface area contributed by atoms with Gasteiger partial charge >= 0.3 is 12.4 Å². The summed E-state index contributed by atoms with van der Waals surface area (Å²) in [5.41, 5.74) is -1.02. The molecule has 0 saturated carbocycles. The first-order valence-electron chi connectivity index (χ1n) is 4.64. The van der Waals surface area contributed by atoms with Gasteiger partial charge in [0.05, 0.1) is 18.7 Å². The molecule has 0 aromatic heterocycles. The first-order valence-corrected chi connectivity index (χ1v) is 4.64. The van der Waals surface area contributed by atoms with Gasteiger partial charge in [0.25, 0.3) is 0 Å². The lowest BCUT2D eigenvalue weighted by Gasteiger charge is -2.10. The van der Waals surface area contributed by atoms with Crippen LogP contribution in [0.2, 0.25) is 0 Å². The minimum absolute atomic E-state index is 0.0807. The zero-order valence-corrected chi connectivity index (χ0v) is 9.06. The molecule has 18 heavy (non-hydrogen) atoms. The monoisotopic (exact) mass is 270 g/mol. The second kappa shape index (κ2) is 4.91. The Morgan fingerprint density at radius 2 is 1.50 bits per heavy atom. The molecule has 0 N–H and O–H groups in total. The average Bonchev–Trinajstić information content (AvgIpc) is 2.24. The van der Waals surface area contributed by atoms with Crippen molar-refractivity contribution in [2.75, 3.05) is 7.11 Å². The molecule has 100 valence electrons. The quantitative estimate of drug-likeness (QED) is 0.576. The summed E-state index contributed by atoms with van der Waals surface area (Å²) >= 11 is 0. The van der Waals surface area contributed by atoms with E-state index in [1.807, 2.05) is 0 Å². The van der Waals surface area contributed by atoms with Gasteiger partial charge < -0.3 is 4.74 Å². The summed E-state index contributed by atoms with van der Waals surface area (Å²) in [7, 11) is 1.01. The van der Waals surface area contributed by atoms with Crippen LogP contribution >= 0.6 is 0 Å². The normalized spacial score (nSPS) is 13.6. The lowest BCUT2D eigenvalue weighted by atomic mass is 10.1. The minimum atomic E-state index is -4.60. The van der Waals surface area contributed by atoms with Crippen LogP contribution in [-0.4, -0.2) is 13.3 Å². The summed E-state index contributed by atoms with van der Waals surface area (Å²) < 4.78 is 77.6. The van der Waals surface area contributed by atoms with Crippen molar-refractivity contribution in [1.29, 1.82) is 0 Å². The van der Waals surface area contributed by atoms with Crippen LogP contribution in [0.3, 0.4) is 0 Å². The van der Waals surface area contributed by atoms with E-state index in [0.29, 0.717) is 12.1 Å². The minimum Gasteiger partial charge on any atom is -0.496 e. The molecule has 0 aliphatic rings. The van der Waals surface area contributed by atoms with E-state index in [2.05, 4.69) is 4.74 Å². The van der Waals surface area contributed by atoms with E-state index in [-0.39, 0.29) is 11.6 Å². The fourth-order valence-electron chi connectivity index (χ4n) is 1.23. The third-order valence-electron chi connectivity index (χ3n) is 2.01. The molecule has 1 aromatic carbocycles. The first kappa shape index (κ1) is 14.4. The SMILES string of the molecule is CO/C(=C\C(F)(F)F)c1ccc(C(F)(F)F)cc1. The predicted molar refractivity (Wildman–Crippen MR) is 52.5 cm³/mol. The maximum atomic E-state index is 12.2. The molecule has 7 heteroatoms. The van der Waals surface area contributed by atoms with Gasteiger partial charge in [0.1, 0.15) is 5.76 Å². The highest BCUT2D eigenvalue weighted by Crippen LogP contribution is 2.31. The predicted octanol–water partition coefficient (Wildman–Crippen LogP) is 4.26. The fourth-order valence-corrected chi connectivity index (χ4v) is 1.23. The van der Waals surface area contributed by atoms with Gasteiger partial charge in [-0.25, -0.2) is 0 Å². The molecule has 0 saturated heterocycles. The van der Waals surface area contributed by atoms with Crippen LogP contribution in [0.5, 0.6) is 0 Å². The highest BCUT2D eigenvalue weighted by atomic mass is 19.4. The first-order chi connectivity index (χ1) is 8.13. The van der Waals surface area contributed by atoms with Crippen LogP contribution in [0.25, 0.3) is 5.76 Å². The molecule has 0 unspecified atom stereocenters. The van der Waals surface area contributed by atoms with Crippen LogP contribution in [0.1, 0.15) is 11.1 Å². The molecule has 0 atom stereocenters. The second-order valence-corrected chi connectivity index (χ2v) is 3.33. The molecule has 0 heterocycles. The van der Waals surface area contributed by atoms with Crippen LogP contribution in [0.4, 0.5) is 26.3 Å². The van der Waals surface area contributed by atoms with E-state index in [1.54, 1.807) is 0 Å². The average molecular weight is 270 g/mol. The fraction of sp³-hybridized carbons (Fsp3) is 0.273. The Hall–Kier alpha value is -1.66. The van der Waals surface area contributed by atoms with Crippen molar-refractivity contribution >= 4 is 5.76 Å². The van der Waals surface area contributed by atoms with Crippen LogP contribution in [0, 0.1) is 0 Å². The topological polar surface area (TPSA) is 9.23 Å². The maximum Gasteiger partial charge on any atom is 0.416 e. The van der Waals surface area contributed by atoms with Gasteiger partial charge in [-0.1, -0.05) is 12.1 Å². The van der Waals surface area contributed by atoms with Gasteiger partial charge in [0.2, 0.25) is 0 Å². The molecule has 0 amide bonds. The van der Waals surface area contributed by atoms with E-state index in [0.717, 1.165) is 19.2 Å². The summed E-state index contributed by atoms with van der Waals surface area (Å²) in [6.45, 7) is 0. The molecular weight excluding hydrogens is 262 g/mol. The van der Waals surface area contributed by atoms with E-state index < -0.39 is 23.7 Å². The summed E-state index contributed by atoms with van der Waals surface area (Å²) in [4.78, 5) is 0. The van der Waals surface area contributed by atoms with E-state index in [9.17, 15) is 26.3 Å². The summed E-state index contributed by atoms with van der Waals surface area (Å²) in [5, 5.41) is 0. The van der Waals surface area contributed by atoms with Gasteiger partial charge in [0.15, 0.2) is 0 Å².